The third-order valence-electron chi connectivity index (χ3n) is 5.06. The number of thiazole rings is 1. The first kappa shape index (κ1) is 20.7. The maximum Gasteiger partial charge on any atom is 0.274 e. The zero-order chi connectivity index (χ0) is 22.2. The summed E-state index contributed by atoms with van der Waals surface area (Å²) < 4.78 is 28.1. The van der Waals surface area contributed by atoms with Crippen LogP contribution >= 0.6 is 27.3 Å². The van der Waals surface area contributed by atoms with Crippen LogP contribution in [0.2, 0.25) is 0 Å². The molecule has 0 fully saturated rings. The standard InChI is InChI=1S/C24H16BrFN2O3S/c1-30-20-10-15(16(25)12-21(20)31-13-14-6-2-3-7-17(14)26)11-22-23(29)28-19-9-5-4-8-18(19)27-24(28)32-22/h2-12H,13H2,1H3. The number of nitrogens with zero attached hydrogens (tertiary/aromatic N) is 2. The van der Waals surface area contributed by atoms with Gasteiger partial charge in [0.2, 0.25) is 0 Å². The van der Waals surface area contributed by atoms with Gasteiger partial charge in [-0.2, -0.15) is 0 Å². The van der Waals surface area contributed by atoms with E-state index in [-0.39, 0.29) is 18.0 Å². The second kappa shape index (κ2) is 8.37. The van der Waals surface area contributed by atoms with Gasteiger partial charge in [0, 0.05) is 10.0 Å². The van der Waals surface area contributed by atoms with Crippen molar-refractivity contribution in [2.75, 3.05) is 7.11 Å². The van der Waals surface area contributed by atoms with Crippen LogP contribution in [-0.2, 0) is 6.61 Å². The van der Waals surface area contributed by atoms with Crippen molar-refractivity contribution in [2.45, 2.75) is 6.61 Å². The van der Waals surface area contributed by atoms with Crippen molar-refractivity contribution in [2.24, 2.45) is 0 Å². The Labute approximate surface area is 194 Å². The molecule has 0 aliphatic heterocycles. The summed E-state index contributed by atoms with van der Waals surface area (Å²) in [6, 6.07) is 17.5. The van der Waals surface area contributed by atoms with Gasteiger partial charge in [-0.05, 0) is 42.0 Å². The van der Waals surface area contributed by atoms with Crippen molar-refractivity contribution in [3.63, 3.8) is 0 Å². The van der Waals surface area contributed by atoms with Crippen LogP contribution in [0.5, 0.6) is 11.5 Å². The molecule has 2 heterocycles. The molecule has 0 radical (unpaired) electrons. The van der Waals surface area contributed by atoms with E-state index in [2.05, 4.69) is 20.9 Å². The molecule has 0 saturated carbocycles. The van der Waals surface area contributed by atoms with Gasteiger partial charge in [0.05, 0.1) is 22.7 Å². The second-order valence-electron chi connectivity index (χ2n) is 7.04. The number of hydrogen-bond acceptors (Lipinski definition) is 5. The largest absolute Gasteiger partial charge is 0.493 e. The first-order valence-corrected chi connectivity index (χ1v) is 11.3. The molecule has 8 heteroatoms. The Hall–Kier alpha value is -3.23. The predicted octanol–water partition coefficient (Wildman–Crippen LogP) is 4.95. The highest BCUT2D eigenvalue weighted by Crippen LogP contribution is 2.34. The molecule has 0 aliphatic carbocycles. The molecule has 0 unspecified atom stereocenters. The van der Waals surface area contributed by atoms with Crippen LogP contribution in [-0.4, -0.2) is 16.5 Å². The lowest BCUT2D eigenvalue weighted by Gasteiger charge is -2.13. The lowest BCUT2D eigenvalue weighted by atomic mass is 10.2. The Morgan fingerprint density at radius 2 is 1.91 bits per heavy atom. The summed E-state index contributed by atoms with van der Waals surface area (Å²) in [5, 5.41) is 0. The molecule has 0 aliphatic rings. The number of ether oxygens (including phenoxy) is 2. The first-order valence-electron chi connectivity index (χ1n) is 9.70. The zero-order valence-electron chi connectivity index (χ0n) is 16.8. The Kier molecular flexibility index (Phi) is 5.40. The molecule has 5 rings (SSSR count). The molecule has 0 amide bonds. The molecule has 5 aromatic rings. The SMILES string of the molecule is COc1cc(C=c2sc3nc4ccccc4n3c2=O)c(Br)cc1OCc1ccccc1F. The van der Waals surface area contributed by atoms with Gasteiger partial charge in [0.25, 0.3) is 5.56 Å². The molecule has 0 atom stereocenters. The smallest absolute Gasteiger partial charge is 0.274 e. The monoisotopic (exact) mass is 510 g/mol. The predicted molar refractivity (Wildman–Crippen MR) is 127 cm³/mol. The fourth-order valence-electron chi connectivity index (χ4n) is 3.46. The molecule has 0 spiro atoms. The van der Waals surface area contributed by atoms with Crippen molar-refractivity contribution >= 4 is 49.3 Å². The molecule has 5 nitrogen and oxygen atoms in total. The Morgan fingerprint density at radius 1 is 1.12 bits per heavy atom. The molecule has 3 aromatic carbocycles. The fourth-order valence-corrected chi connectivity index (χ4v) is 4.87. The van der Waals surface area contributed by atoms with E-state index >= 15 is 0 Å². The van der Waals surface area contributed by atoms with Crippen LogP contribution in [0.25, 0.3) is 22.1 Å². The number of para-hydroxylation sites is 2. The van der Waals surface area contributed by atoms with Crippen LogP contribution in [0.3, 0.4) is 0 Å². The summed E-state index contributed by atoms with van der Waals surface area (Å²) in [6.45, 7) is 0.0679. The van der Waals surface area contributed by atoms with Crippen LogP contribution in [0.15, 0.2) is 69.9 Å². The van der Waals surface area contributed by atoms with Crippen LogP contribution < -0.4 is 19.6 Å². The second-order valence-corrected chi connectivity index (χ2v) is 8.90. The van der Waals surface area contributed by atoms with Crippen molar-refractivity contribution in [1.82, 2.24) is 9.38 Å². The fraction of sp³-hybridized carbons (Fsp3) is 0.0833. The van der Waals surface area contributed by atoms with Crippen molar-refractivity contribution in [1.29, 1.82) is 0 Å². The van der Waals surface area contributed by atoms with Crippen molar-refractivity contribution in [3.05, 3.63) is 97.0 Å². The Balaban J connectivity index is 1.53. The minimum absolute atomic E-state index is 0.0679. The van der Waals surface area contributed by atoms with E-state index < -0.39 is 0 Å². The third-order valence-corrected chi connectivity index (χ3v) is 6.71. The number of hydrogen-bond donors (Lipinski definition) is 0. The van der Waals surface area contributed by atoms with Gasteiger partial charge in [-0.3, -0.25) is 4.79 Å². The molecule has 2 aromatic heterocycles. The van der Waals surface area contributed by atoms with E-state index in [0.29, 0.717) is 26.6 Å². The highest BCUT2D eigenvalue weighted by atomic mass is 79.9. The van der Waals surface area contributed by atoms with E-state index in [9.17, 15) is 9.18 Å². The summed E-state index contributed by atoms with van der Waals surface area (Å²) in [5.74, 6) is 0.623. The lowest BCUT2D eigenvalue weighted by Crippen LogP contribution is -2.22. The third kappa shape index (κ3) is 3.65. The molecule has 0 N–H and O–H groups in total. The summed E-state index contributed by atoms with van der Waals surface area (Å²) in [6.07, 6.45) is 1.80. The van der Waals surface area contributed by atoms with E-state index in [1.807, 2.05) is 24.3 Å². The van der Waals surface area contributed by atoms with Gasteiger partial charge < -0.3 is 9.47 Å². The molecule has 160 valence electrons. The van der Waals surface area contributed by atoms with Gasteiger partial charge in [0.15, 0.2) is 16.5 Å². The van der Waals surface area contributed by atoms with Gasteiger partial charge in [-0.25, -0.2) is 13.8 Å². The minimum Gasteiger partial charge on any atom is -0.493 e. The summed E-state index contributed by atoms with van der Waals surface area (Å²) in [4.78, 5) is 18.2. The molecule has 32 heavy (non-hydrogen) atoms. The number of imidazole rings is 1. The highest BCUT2D eigenvalue weighted by molar-refractivity contribution is 9.10. The summed E-state index contributed by atoms with van der Waals surface area (Å²) in [7, 11) is 1.54. The van der Waals surface area contributed by atoms with E-state index in [1.165, 1.54) is 24.5 Å². The van der Waals surface area contributed by atoms with Crippen molar-refractivity contribution < 1.29 is 13.9 Å². The van der Waals surface area contributed by atoms with Gasteiger partial charge in [-0.1, -0.05) is 57.6 Å². The highest BCUT2D eigenvalue weighted by Gasteiger charge is 2.13. The van der Waals surface area contributed by atoms with Crippen LogP contribution in [0.4, 0.5) is 4.39 Å². The first-order chi connectivity index (χ1) is 15.5. The number of rotatable bonds is 5. The van der Waals surface area contributed by atoms with Gasteiger partial charge >= 0.3 is 0 Å². The van der Waals surface area contributed by atoms with E-state index in [4.69, 9.17) is 9.47 Å². The average molecular weight is 511 g/mol. The number of halogens is 2. The van der Waals surface area contributed by atoms with Gasteiger partial charge in [-0.15, -0.1) is 0 Å². The van der Waals surface area contributed by atoms with Gasteiger partial charge in [0.1, 0.15) is 12.4 Å². The number of benzene rings is 3. The number of fused-ring (bicyclic) bond motifs is 3. The number of methoxy groups -OCH3 is 1. The van der Waals surface area contributed by atoms with E-state index in [1.54, 1.807) is 40.8 Å². The normalized spacial score (nSPS) is 12.0. The topological polar surface area (TPSA) is 52.8 Å². The average Bonchev–Trinajstić information content (AvgIpc) is 3.30. The summed E-state index contributed by atoms with van der Waals surface area (Å²) >= 11 is 4.88. The molecular weight excluding hydrogens is 495 g/mol. The maximum atomic E-state index is 13.9. The minimum atomic E-state index is -0.325. The van der Waals surface area contributed by atoms with Crippen LogP contribution in [0.1, 0.15) is 11.1 Å². The van der Waals surface area contributed by atoms with E-state index in [0.717, 1.165) is 21.1 Å². The summed E-state index contributed by atoms with van der Waals surface area (Å²) in [5.41, 5.74) is 2.67. The molecular formula is C24H16BrFN2O3S. The maximum absolute atomic E-state index is 13.9. The Bertz CT molecular complexity index is 1580. The zero-order valence-corrected chi connectivity index (χ0v) is 19.2. The molecule has 0 bridgehead atoms. The van der Waals surface area contributed by atoms with Crippen LogP contribution in [0, 0.1) is 5.82 Å². The Morgan fingerprint density at radius 3 is 2.72 bits per heavy atom. The van der Waals surface area contributed by atoms with Crippen molar-refractivity contribution in [3.8, 4) is 11.5 Å². The molecule has 0 saturated heterocycles. The lowest BCUT2D eigenvalue weighted by molar-refractivity contribution is 0.279. The quantitative estimate of drug-likeness (QED) is 0.335. The number of aromatic nitrogens is 2.